The maximum Gasteiger partial charge on any atom is 0.141 e. The Kier molecular flexibility index (Phi) is 3.54. The molecule has 1 fully saturated rings. The fourth-order valence-corrected chi connectivity index (χ4v) is 2.57. The molecule has 3 unspecified atom stereocenters. The second kappa shape index (κ2) is 4.91. The third-order valence-electron chi connectivity index (χ3n) is 3.48. The zero-order chi connectivity index (χ0) is 11.5. The summed E-state index contributed by atoms with van der Waals surface area (Å²) in [5.41, 5.74) is 0.598. The zero-order valence-corrected chi connectivity index (χ0v) is 9.56. The molecule has 1 aliphatic carbocycles. The number of aliphatic hydroxyl groups excluding tert-OH is 1. The SMILES string of the molecule is CC1CCCC(C(O)c2ccc(F)cn2)C1. The van der Waals surface area contributed by atoms with Crippen molar-refractivity contribution in [2.45, 2.75) is 38.7 Å². The molecule has 1 heterocycles. The van der Waals surface area contributed by atoms with E-state index in [1.54, 1.807) is 6.07 Å². The molecule has 0 bridgehead atoms. The summed E-state index contributed by atoms with van der Waals surface area (Å²) in [4.78, 5) is 3.95. The average molecular weight is 223 g/mol. The lowest BCUT2D eigenvalue weighted by Gasteiger charge is -2.30. The Balaban J connectivity index is 2.06. The van der Waals surface area contributed by atoms with Crippen molar-refractivity contribution in [3.63, 3.8) is 0 Å². The van der Waals surface area contributed by atoms with Crippen LogP contribution in [0.25, 0.3) is 0 Å². The number of pyridine rings is 1. The molecular formula is C13H18FNO. The van der Waals surface area contributed by atoms with E-state index in [0.29, 0.717) is 11.6 Å². The summed E-state index contributed by atoms with van der Waals surface area (Å²) in [5, 5.41) is 10.2. The van der Waals surface area contributed by atoms with Crippen LogP contribution in [0, 0.1) is 17.7 Å². The highest BCUT2D eigenvalue weighted by atomic mass is 19.1. The van der Waals surface area contributed by atoms with Gasteiger partial charge in [0.25, 0.3) is 0 Å². The predicted molar refractivity (Wildman–Crippen MR) is 60.3 cm³/mol. The maximum atomic E-state index is 12.7. The van der Waals surface area contributed by atoms with Gasteiger partial charge in [-0.3, -0.25) is 4.98 Å². The summed E-state index contributed by atoms with van der Waals surface area (Å²) < 4.78 is 12.7. The van der Waals surface area contributed by atoms with Gasteiger partial charge in [-0.2, -0.15) is 0 Å². The van der Waals surface area contributed by atoms with E-state index in [-0.39, 0.29) is 11.7 Å². The molecule has 88 valence electrons. The number of aliphatic hydroxyl groups is 1. The molecule has 1 aromatic rings. The summed E-state index contributed by atoms with van der Waals surface area (Å²) in [6.45, 7) is 2.22. The fourth-order valence-electron chi connectivity index (χ4n) is 2.57. The van der Waals surface area contributed by atoms with Crippen LogP contribution in [0.5, 0.6) is 0 Å². The van der Waals surface area contributed by atoms with Gasteiger partial charge in [-0.15, -0.1) is 0 Å². The Morgan fingerprint density at radius 1 is 1.44 bits per heavy atom. The van der Waals surface area contributed by atoms with Crippen molar-refractivity contribution in [3.8, 4) is 0 Å². The monoisotopic (exact) mass is 223 g/mol. The van der Waals surface area contributed by atoms with Crippen molar-refractivity contribution < 1.29 is 9.50 Å². The molecule has 0 radical (unpaired) electrons. The van der Waals surface area contributed by atoms with Crippen LogP contribution >= 0.6 is 0 Å². The van der Waals surface area contributed by atoms with E-state index < -0.39 is 6.10 Å². The number of nitrogens with zero attached hydrogens (tertiary/aromatic N) is 1. The Hall–Kier alpha value is -0.960. The predicted octanol–water partition coefficient (Wildman–Crippen LogP) is 3.08. The molecule has 1 aromatic heterocycles. The lowest BCUT2D eigenvalue weighted by Crippen LogP contribution is -2.20. The van der Waals surface area contributed by atoms with Crippen molar-refractivity contribution in [1.82, 2.24) is 4.98 Å². The first kappa shape index (κ1) is 11.5. The molecule has 1 saturated carbocycles. The van der Waals surface area contributed by atoms with Crippen LogP contribution in [-0.4, -0.2) is 10.1 Å². The molecule has 1 aliphatic rings. The van der Waals surface area contributed by atoms with E-state index in [1.165, 1.54) is 25.1 Å². The molecule has 0 amide bonds. The van der Waals surface area contributed by atoms with Gasteiger partial charge in [0.2, 0.25) is 0 Å². The maximum absolute atomic E-state index is 12.7. The van der Waals surface area contributed by atoms with E-state index in [1.807, 2.05) is 0 Å². The van der Waals surface area contributed by atoms with Gasteiger partial charge in [0.05, 0.1) is 18.0 Å². The van der Waals surface area contributed by atoms with Gasteiger partial charge >= 0.3 is 0 Å². The van der Waals surface area contributed by atoms with Crippen molar-refractivity contribution >= 4 is 0 Å². The minimum atomic E-state index is -0.539. The van der Waals surface area contributed by atoms with Gasteiger partial charge in [-0.1, -0.05) is 19.8 Å². The van der Waals surface area contributed by atoms with Crippen LogP contribution in [0.2, 0.25) is 0 Å². The minimum absolute atomic E-state index is 0.279. The Labute approximate surface area is 95.5 Å². The summed E-state index contributed by atoms with van der Waals surface area (Å²) in [7, 11) is 0. The number of halogens is 1. The Bertz CT molecular complexity index is 338. The molecule has 3 atom stereocenters. The lowest BCUT2D eigenvalue weighted by atomic mass is 9.79. The van der Waals surface area contributed by atoms with E-state index in [0.717, 1.165) is 12.8 Å². The van der Waals surface area contributed by atoms with E-state index in [2.05, 4.69) is 11.9 Å². The van der Waals surface area contributed by atoms with Gasteiger partial charge < -0.3 is 5.11 Å². The highest BCUT2D eigenvalue weighted by Gasteiger charge is 2.26. The Morgan fingerprint density at radius 2 is 2.25 bits per heavy atom. The standard InChI is InChI=1S/C13H18FNO/c1-9-3-2-4-10(7-9)13(16)12-6-5-11(14)8-15-12/h5-6,8-10,13,16H,2-4,7H2,1H3. The third kappa shape index (κ3) is 2.59. The number of aromatic nitrogens is 1. The molecule has 0 aromatic carbocycles. The number of hydrogen-bond donors (Lipinski definition) is 1. The highest BCUT2D eigenvalue weighted by Crippen LogP contribution is 2.36. The van der Waals surface area contributed by atoms with Crippen molar-refractivity contribution in [3.05, 3.63) is 29.8 Å². The molecule has 16 heavy (non-hydrogen) atoms. The molecule has 0 saturated heterocycles. The number of rotatable bonds is 2. The molecule has 1 N–H and O–H groups in total. The second-order valence-electron chi connectivity index (χ2n) is 4.88. The molecule has 0 spiro atoms. The van der Waals surface area contributed by atoms with Gasteiger partial charge in [-0.05, 0) is 36.8 Å². The number of hydrogen-bond acceptors (Lipinski definition) is 2. The van der Waals surface area contributed by atoms with Crippen LogP contribution in [0.4, 0.5) is 4.39 Å². The first-order valence-corrected chi connectivity index (χ1v) is 5.96. The average Bonchev–Trinajstić information content (AvgIpc) is 2.29. The van der Waals surface area contributed by atoms with Crippen molar-refractivity contribution in [2.24, 2.45) is 11.8 Å². The van der Waals surface area contributed by atoms with Crippen molar-refractivity contribution in [1.29, 1.82) is 0 Å². The molecular weight excluding hydrogens is 205 g/mol. The first-order valence-electron chi connectivity index (χ1n) is 5.96. The van der Waals surface area contributed by atoms with Crippen LogP contribution < -0.4 is 0 Å². The highest BCUT2D eigenvalue weighted by molar-refractivity contribution is 5.09. The second-order valence-corrected chi connectivity index (χ2v) is 4.88. The summed E-state index contributed by atoms with van der Waals surface area (Å²) in [5.74, 6) is 0.600. The largest absolute Gasteiger partial charge is 0.387 e. The van der Waals surface area contributed by atoms with E-state index in [4.69, 9.17) is 0 Å². The summed E-state index contributed by atoms with van der Waals surface area (Å²) in [6, 6.07) is 2.94. The molecule has 3 heteroatoms. The smallest absolute Gasteiger partial charge is 0.141 e. The van der Waals surface area contributed by atoms with Gasteiger partial charge in [0, 0.05) is 0 Å². The Morgan fingerprint density at radius 3 is 2.88 bits per heavy atom. The molecule has 0 aliphatic heterocycles. The summed E-state index contributed by atoms with van der Waals surface area (Å²) in [6.07, 6.45) is 5.14. The van der Waals surface area contributed by atoms with E-state index in [9.17, 15) is 9.50 Å². The zero-order valence-electron chi connectivity index (χ0n) is 9.56. The molecule has 2 nitrogen and oxygen atoms in total. The minimum Gasteiger partial charge on any atom is -0.387 e. The van der Waals surface area contributed by atoms with Crippen LogP contribution in [0.3, 0.4) is 0 Å². The van der Waals surface area contributed by atoms with Crippen molar-refractivity contribution in [2.75, 3.05) is 0 Å². The van der Waals surface area contributed by atoms with Crippen LogP contribution in [-0.2, 0) is 0 Å². The lowest BCUT2D eigenvalue weighted by molar-refractivity contribution is 0.0679. The molecule has 2 rings (SSSR count). The van der Waals surface area contributed by atoms with Gasteiger partial charge in [-0.25, -0.2) is 4.39 Å². The normalized spacial score (nSPS) is 27.7. The summed E-state index contributed by atoms with van der Waals surface area (Å²) >= 11 is 0. The van der Waals surface area contributed by atoms with Gasteiger partial charge in [0.1, 0.15) is 5.82 Å². The third-order valence-corrected chi connectivity index (χ3v) is 3.48. The van der Waals surface area contributed by atoms with E-state index >= 15 is 0 Å². The quantitative estimate of drug-likeness (QED) is 0.835. The van der Waals surface area contributed by atoms with Gasteiger partial charge in [0.15, 0.2) is 0 Å². The first-order chi connectivity index (χ1) is 7.66. The topological polar surface area (TPSA) is 33.1 Å². The van der Waals surface area contributed by atoms with Crippen LogP contribution in [0.15, 0.2) is 18.3 Å². The van der Waals surface area contributed by atoms with Crippen LogP contribution in [0.1, 0.15) is 44.4 Å². The fraction of sp³-hybridized carbons (Fsp3) is 0.615.